The summed E-state index contributed by atoms with van der Waals surface area (Å²) >= 11 is -1.23. The van der Waals surface area contributed by atoms with Crippen molar-refractivity contribution in [1.82, 2.24) is 14.7 Å². The van der Waals surface area contributed by atoms with Crippen molar-refractivity contribution in [2.75, 3.05) is 12.4 Å². The van der Waals surface area contributed by atoms with Crippen LogP contribution in [0.4, 0.5) is 11.6 Å². The molecule has 38 heavy (non-hydrogen) atoms. The standard InChI is InChI=1S/C29H36N4O4S/c1-8-21(33-38(35)27(2,3)4)17-9-11-22(36-7)20-16-30-24(15-19(17)20)31-23-12-10-18-25(32-23)29(13-14-29)28(5,6)37-26(18)34/h9-12,15-16,21,33H,8,13-14H2,1-7H3,(H,30,31,32)/t21?,38-/m0/s1. The SMILES string of the molecule is CCC(N[S@@+]([O-])C(C)(C)C)c1ccc(OC)c2cnc(Nc3ccc4c(n3)C3(CC3)C(C)(C)OC4=O)cc12. The summed E-state index contributed by atoms with van der Waals surface area (Å²) in [5, 5.41) is 5.17. The molecule has 3 aromatic rings. The lowest BCUT2D eigenvalue weighted by atomic mass is 9.80. The summed E-state index contributed by atoms with van der Waals surface area (Å²) in [6.45, 7) is 11.9. The molecular weight excluding hydrogens is 500 g/mol. The van der Waals surface area contributed by atoms with Crippen LogP contribution in [0.3, 0.4) is 0 Å². The lowest BCUT2D eigenvalue weighted by Crippen LogP contribution is -2.46. The zero-order valence-electron chi connectivity index (χ0n) is 23.1. The van der Waals surface area contributed by atoms with E-state index in [1.54, 1.807) is 25.4 Å². The summed E-state index contributed by atoms with van der Waals surface area (Å²) in [6, 6.07) is 9.38. The number of aromatic nitrogens is 2. The Hall–Kier alpha value is -2.88. The molecule has 3 heterocycles. The Balaban J connectivity index is 1.52. The monoisotopic (exact) mass is 536 g/mol. The largest absolute Gasteiger partial charge is 0.598 e. The highest BCUT2D eigenvalue weighted by molar-refractivity contribution is 7.90. The van der Waals surface area contributed by atoms with Gasteiger partial charge in [0.1, 0.15) is 27.7 Å². The molecule has 0 bridgehead atoms. The maximum absolute atomic E-state index is 12.9. The highest BCUT2D eigenvalue weighted by Gasteiger charge is 2.63. The topological polar surface area (TPSA) is 108 Å². The van der Waals surface area contributed by atoms with Crippen LogP contribution in [0.2, 0.25) is 0 Å². The highest BCUT2D eigenvalue weighted by atomic mass is 32.2. The number of nitrogens with zero attached hydrogens (tertiary/aromatic N) is 2. The number of rotatable bonds is 7. The minimum atomic E-state index is -1.23. The van der Waals surface area contributed by atoms with Crippen LogP contribution in [0.1, 0.15) is 88.5 Å². The molecule has 2 atom stereocenters. The number of ether oxygens (including phenoxy) is 2. The highest BCUT2D eigenvalue weighted by Crippen LogP contribution is 2.59. The third-order valence-electron chi connectivity index (χ3n) is 7.78. The first-order valence-corrected chi connectivity index (χ1v) is 14.2. The molecule has 2 aliphatic rings. The third-order valence-corrected chi connectivity index (χ3v) is 9.39. The molecule has 1 aliphatic heterocycles. The van der Waals surface area contributed by atoms with E-state index >= 15 is 0 Å². The predicted octanol–water partition coefficient (Wildman–Crippen LogP) is 5.87. The second kappa shape index (κ2) is 9.39. The summed E-state index contributed by atoms with van der Waals surface area (Å²) in [5.74, 6) is 1.63. The number of pyridine rings is 2. The van der Waals surface area contributed by atoms with Crippen LogP contribution in [0, 0.1) is 0 Å². The van der Waals surface area contributed by atoms with E-state index in [1.807, 2.05) is 52.8 Å². The Morgan fingerprint density at radius 1 is 1.16 bits per heavy atom. The van der Waals surface area contributed by atoms with E-state index in [0.717, 1.165) is 47.0 Å². The van der Waals surface area contributed by atoms with Gasteiger partial charge in [-0.1, -0.05) is 13.0 Å². The fourth-order valence-electron chi connectivity index (χ4n) is 5.28. The molecule has 0 saturated heterocycles. The molecule has 1 unspecified atom stereocenters. The van der Waals surface area contributed by atoms with E-state index in [9.17, 15) is 9.35 Å². The normalized spacial score (nSPS) is 19.0. The Morgan fingerprint density at radius 2 is 1.89 bits per heavy atom. The maximum Gasteiger partial charge on any atom is 0.340 e. The quantitative estimate of drug-likeness (QED) is 0.285. The van der Waals surface area contributed by atoms with Gasteiger partial charge in [-0.3, -0.25) is 0 Å². The molecular formula is C29H36N4O4S. The Morgan fingerprint density at radius 3 is 2.53 bits per heavy atom. The van der Waals surface area contributed by atoms with Crippen molar-refractivity contribution in [1.29, 1.82) is 0 Å². The van der Waals surface area contributed by atoms with Crippen molar-refractivity contribution in [2.45, 2.75) is 82.6 Å². The summed E-state index contributed by atoms with van der Waals surface area (Å²) < 4.78 is 27.2. The van der Waals surface area contributed by atoms with Crippen LogP contribution < -0.4 is 14.8 Å². The van der Waals surface area contributed by atoms with Crippen LogP contribution in [0.25, 0.3) is 10.8 Å². The fraction of sp³-hybridized carbons (Fsp3) is 0.483. The number of hydrogen-bond donors (Lipinski definition) is 2. The van der Waals surface area contributed by atoms with E-state index in [4.69, 9.17) is 14.5 Å². The average molecular weight is 537 g/mol. The van der Waals surface area contributed by atoms with Gasteiger partial charge >= 0.3 is 5.97 Å². The number of benzene rings is 1. The lowest BCUT2D eigenvalue weighted by molar-refractivity contribution is -0.0285. The average Bonchev–Trinajstić information content (AvgIpc) is 3.67. The third kappa shape index (κ3) is 4.50. The van der Waals surface area contributed by atoms with Crippen molar-refractivity contribution in [2.24, 2.45) is 0 Å². The number of hydrogen-bond acceptors (Lipinski definition) is 8. The Bertz CT molecular complexity index is 1400. The maximum atomic E-state index is 12.9. The number of anilines is 2. The van der Waals surface area contributed by atoms with Crippen LogP contribution in [0.5, 0.6) is 5.75 Å². The summed E-state index contributed by atoms with van der Waals surface area (Å²) in [7, 11) is 1.64. The van der Waals surface area contributed by atoms with Gasteiger partial charge in [-0.25, -0.2) is 14.8 Å². The summed E-state index contributed by atoms with van der Waals surface area (Å²) in [6.07, 6.45) is 4.42. The molecule has 1 spiro atoms. The van der Waals surface area contributed by atoms with Crippen molar-refractivity contribution < 1.29 is 18.8 Å². The van der Waals surface area contributed by atoms with Crippen LogP contribution in [0.15, 0.2) is 36.5 Å². The zero-order valence-corrected chi connectivity index (χ0v) is 23.9. The van der Waals surface area contributed by atoms with Crippen molar-refractivity contribution >= 4 is 39.7 Å². The van der Waals surface area contributed by atoms with Gasteiger partial charge in [-0.15, -0.1) is 4.72 Å². The molecule has 1 aliphatic carbocycles. The smallest absolute Gasteiger partial charge is 0.340 e. The van der Waals surface area contributed by atoms with Gasteiger partial charge in [-0.2, -0.15) is 0 Å². The van der Waals surface area contributed by atoms with Gasteiger partial charge < -0.3 is 19.3 Å². The van der Waals surface area contributed by atoms with E-state index in [2.05, 4.69) is 21.9 Å². The van der Waals surface area contributed by atoms with Crippen molar-refractivity contribution in [3.8, 4) is 5.75 Å². The molecule has 5 rings (SSSR count). The van der Waals surface area contributed by atoms with Crippen LogP contribution >= 0.6 is 0 Å². The van der Waals surface area contributed by atoms with Crippen molar-refractivity contribution in [3.63, 3.8) is 0 Å². The number of fused-ring (bicyclic) bond motifs is 3. The minimum absolute atomic E-state index is 0.122. The molecule has 1 aromatic carbocycles. The van der Waals surface area contributed by atoms with E-state index in [0.29, 0.717) is 17.2 Å². The number of esters is 1. The van der Waals surface area contributed by atoms with E-state index < -0.39 is 17.0 Å². The molecule has 8 nitrogen and oxygen atoms in total. The number of nitrogens with one attached hydrogen (secondary N) is 2. The van der Waals surface area contributed by atoms with Gasteiger partial charge in [0.15, 0.2) is 0 Å². The fourth-order valence-corrected chi connectivity index (χ4v) is 6.19. The Kier molecular flexibility index (Phi) is 6.60. The first kappa shape index (κ1) is 26.7. The lowest BCUT2D eigenvalue weighted by Gasteiger charge is -2.39. The van der Waals surface area contributed by atoms with Gasteiger partial charge in [0, 0.05) is 22.9 Å². The summed E-state index contributed by atoms with van der Waals surface area (Å²) in [4.78, 5) is 22.2. The number of cyclic esters (lactones) is 1. The first-order valence-electron chi connectivity index (χ1n) is 13.1. The van der Waals surface area contributed by atoms with Crippen LogP contribution in [-0.2, 0) is 21.5 Å². The molecule has 0 amide bonds. The molecule has 0 radical (unpaired) electrons. The van der Waals surface area contributed by atoms with Crippen molar-refractivity contribution in [3.05, 3.63) is 53.3 Å². The Labute approximate surface area is 227 Å². The molecule has 1 saturated carbocycles. The van der Waals surface area contributed by atoms with Gasteiger partial charge in [0.05, 0.1) is 29.8 Å². The zero-order chi connectivity index (χ0) is 27.5. The second-order valence-electron chi connectivity index (χ2n) is 11.6. The molecule has 1 fully saturated rings. The molecule has 9 heteroatoms. The van der Waals surface area contributed by atoms with E-state index in [-0.39, 0.29) is 22.2 Å². The second-order valence-corrected chi connectivity index (χ2v) is 13.6. The minimum Gasteiger partial charge on any atom is -0.598 e. The number of carbonyl (C=O) groups is 1. The van der Waals surface area contributed by atoms with Gasteiger partial charge in [-0.05, 0) is 89.1 Å². The molecule has 202 valence electrons. The molecule has 2 aromatic heterocycles. The molecule has 2 N–H and O–H groups in total. The summed E-state index contributed by atoms with van der Waals surface area (Å²) in [5.41, 5.74) is 1.52. The number of carbonyl (C=O) groups excluding carboxylic acids is 1. The first-order chi connectivity index (χ1) is 17.9. The van der Waals surface area contributed by atoms with Gasteiger partial charge in [0.25, 0.3) is 0 Å². The van der Waals surface area contributed by atoms with Crippen LogP contribution in [-0.4, -0.2) is 37.9 Å². The van der Waals surface area contributed by atoms with Gasteiger partial charge in [0.2, 0.25) is 0 Å². The predicted molar refractivity (Wildman–Crippen MR) is 150 cm³/mol. The number of methoxy groups -OCH3 is 1. The van der Waals surface area contributed by atoms with E-state index in [1.165, 1.54) is 0 Å².